The smallest absolute Gasteiger partial charge is 0.0976 e. The molecule has 11 rings (SSSR count). The van der Waals surface area contributed by atoms with Crippen LogP contribution in [0.1, 0.15) is 34.7 Å². The van der Waals surface area contributed by atoms with E-state index in [1.807, 2.05) is 0 Å². The van der Waals surface area contributed by atoms with Crippen molar-refractivity contribution < 1.29 is 0 Å². The van der Waals surface area contributed by atoms with Crippen molar-refractivity contribution in [2.45, 2.75) is 18.5 Å². The number of fused-ring (bicyclic) bond motifs is 8. The highest BCUT2D eigenvalue weighted by Gasteiger charge is 2.40. The van der Waals surface area contributed by atoms with E-state index in [0.717, 1.165) is 29.1 Å². The van der Waals surface area contributed by atoms with Crippen LogP contribution in [0.3, 0.4) is 0 Å². The van der Waals surface area contributed by atoms with Gasteiger partial charge in [-0.3, -0.25) is 0 Å². The lowest BCUT2D eigenvalue weighted by atomic mass is 9.84. The predicted molar refractivity (Wildman–Crippen MR) is 226 cm³/mol. The third-order valence-corrected chi connectivity index (χ3v) is 11.9. The van der Waals surface area contributed by atoms with Crippen LogP contribution in [0, 0.1) is 0 Å². The summed E-state index contributed by atoms with van der Waals surface area (Å²) in [6, 6.07) is 66.6. The van der Waals surface area contributed by atoms with Crippen LogP contribution in [0.25, 0.3) is 32.7 Å². The number of anilines is 3. The molecule has 8 aromatic rings. The van der Waals surface area contributed by atoms with Crippen LogP contribution in [0.4, 0.5) is 22.7 Å². The molecule has 3 nitrogen and oxygen atoms in total. The Labute approximate surface area is 315 Å². The van der Waals surface area contributed by atoms with Crippen LogP contribution in [-0.2, 0) is 0 Å². The maximum absolute atomic E-state index is 5.36. The molecule has 54 heavy (non-hydrogen) atoms. The van der Waals surface area contributed by atoms with Crippen molar-refractivity contribution >= 4 is 61.2 Å². The summed E-state index contributed by atoms with van der Waals surface area (Å²) < 4.78 is 0. The van der Waals surface area contributed by atoms with Gasteiger partial charge in [0.1, 0.15) is 0 Å². The first-order valence-corrected chi connectivity index (χ1v) is 18.9. The van der Waals surface area contributed by atoms with Gasteiger partial charge in [0, 0.05) is 23.7 Å². The van der Waals surface area contributed by atoms with Crippen LogP contribution in [0.5, 0.6) is 0 Å². The van der Waals surface area contributed by atoms with E-state index in [1.165, 1.54) is 71.2 Å². The Hall–Kier alpha value is -6.71. The maximum Gasteiger partial charge on any atom is 0.0976 e. The lowest BCUT2D eigenvalue weighted by Crippen LogP contribution is -2.41. The standard InChI is InChI=1S/C51H37N3/c1-53-45-27-15-14-26-43(45)52-50(35-19-6-3-7-20-35)51(53)41-29-31-44(39-24-12-10-22-37(39)41)54-46-30-28-34-18-8-9-21-36(34)48(46)49-40-25-13-11-23-38(40)42(32-47(49)54)33-16-4-2-5-17-33/h2-31,47,51H,32H2,1H3. The molecule has 0 N–H and O–H groups in total. The fourth-order valence-corrected chi connectivity index (χ4v) is 9.52. The summed E-state index contributed by atoms with van der Waals surface area (Å²) in [7, 11) is 2.22. The van der Waals surface area contributed by atoms with Gasteiger partial charge in [-0.1, -0.05) is 158 Å². The Morgan fingerprint density at radius 1 is 0.500 bits per heavy atom. The number of nitrogens with zero attached hydrogens (tertiary/aromatic N) is 3. The third kappa shape index (κ3) is 4.58. The van der Waals surface area contributed by atoms with E-state index in [9.17, 15) is 0 Å². The Balaban J connectivity index is 1.17. The summed E-state index contributed by atoms with van der Waals surface area (Å²) in [6.45, 7) is 0. The SMILES string of the molecule is CN1c2ccccc2N=C(c2ccccc2)C1c1ccc(N2c3ccc4ccccc4c3C3=c4ccccc4=C(c4ccccc4)CC32)c2ccccc12. The lowest BCUT2D eigenvalue weighted by Gasteiger charge is -2.37. The van der Waals surface area contributed by atoms with Gasteiger partial charge in [0.2, 0.25) is 0 Å². The first-order chi connectivity index (χ1) is 26.7. The van der Waals surface area contributed by atoms with Gasteiger partial charge >= 0.3 is 0 Å². The van der Waals surface area contributed by atoms with Gasteiger partial charge in [-0.15, -0.1) is 0 Å². The Bertz CT molecular complexity index is 2950. The number of benzene rings is 8. The Morgan fingerprint density at radius 3 is 1.94 bits per heavy atom. The number of aliphatic imine (C=N–C) groups is 1. The van der Waals surface area contributed by atoms with Gasteiger partial charge in [-0.05, 0) is 85.1 Å². The molecule has 0 amide bonds. The van der Waals surface area contributed by atoms with Gasteiger partial charge in [-0.25, -0.2) is 4.99 Å². The minimum Gasteiger partial charge on any atom is -0.360 e. The quantitative estimate of drug-likeness (QED) is 0.183. The van der Waals surface area contributed by atoms with Crippen molar-refractivity contribution in [2.75, 3.05) is 16.8 Å². The van der Waals surface area contributed by atoms with Gasteiger partial charge in [0.25, 0.3) is 0 Å². The summed E-state index contributed by atoms with van der Waals surface area (Å²) >= 11 is 0. The van der Waals surface area contributed by atoms with E-state index < -0.39 is 0 Å². The molecular formula is C51H37N3. The Morgan fingerprint density at radius 2 is 1.13 bits per heavy atom. The molecular weight excluding hydrogens is 655 g/mol. The fraction of sp³-hybridized carbons (Fsp3) is 0.0784. The zero-order chi connectivity index (χ0) is 35.8. The van der Waals surface area contributed by atoms with Crippen molar-refractivity contribution in [3.63, 3.8) is 0 Å². The third-order valence-electron chi connectivity index (χ3n) is 11.9. The summed E-state index contributed by atoms with van der Waals surface area (Å²) in [4.78, 5) is 10.4. The van der Waals surface area contributed by atoms with Crippen LogP contribution in [-0.4, -0.2) is 18.8 Å². The van der Waals surface area contributed by atoms with Crippen LogP contribution in [0.2, 0.25) is 0 Å². The molecule has 256 valence electrons. The maximum atomic E-state index is 5.36. The topological polar surface area (TPSA) is 18.8 Å². The second kappa shape index (κ2) is 12.2. The molecule has 0 fully saturated rings. The number of hydrogen-bond donors (Lipinski definition) is 0. The molecule has 3 heteroatoms. The second-order valence-electron chi connectivity index (χ2n) is 14.7. The predicted octanol–water partition coefficient (Wildman–Crippen LogP) is 10.6. The first-order valence-electron chi connectivity index (χ1n) is 18.9. The first kappa shape index (κ1) is 30.9. The minimum atomic E-state index is -0.0715. The van der Waals surface area contributed by atoms with E-state index in [0.29, 0.717) is 0 Å². The van der Waals surface area contributed by atoms with Crippen molar-refractivity contribution in [1.29, 1.82) is 0 Å². The highest BCUT2D eigenvalue weighted by atomic mass is 15.2. The number of rotatable bonds is 4. The van der Waals surface area contributed by atoms with Gasteiger partial charge in [0.05, 0.1) is 34.9 Å². The van der Waals surface area contributed by atoms with Crippen molar-refractivity contribution in [1.82, 2.24) is 0 Å². The van der Waals surface area contributed by atoms with E-state index in [1.54, 1.807) is 0 Å². The summed E-state index contributed by atoms with van der Waals surface area (Å²) in [5.74, 6) is 0. The van der Waals surface area contributed by atoms with Crippen molar-refractivity contribution in [3.8, 4) is 0 Å². The molecule has 0 saturated heterocycles. The van der Waals surface area contributed by atoms with Crippen LogP contribution >= 0.6 is 0 Å². The van der Waals surface area contributed by atoms with E-state index >= 15 is 0 Å². The molecule has 0 spiro atoms. The average molecular weight is 692 g/mol. The summed E-state index contributed by atoms with van der Waals surface area (Å²) in [5.41, 5.74) is 13.6. The molecule has 0 saturated carbocycles. The molecule has 1 aliphatic carbocycles. The molecule has 2 aliphatic heterocycles. The number of hydrogen-bond acceptors (Lipinski definition) is 3. The normalized spacial score (nSPS) is 17.2. The molecule has 2 atom stereocenters. The second-order valence-corrected chi connectivity index (χ2v) is 14.7. The zero-order valence-corrected chi connectivity index (χ0v) is 30.0. The molecule has 0 aromatic heterocycles. The Kier molecular flexibility index (Phi) is 6.96. The fourth-order valence-electron chi connectivity index (χ4n) is 9.52. The minimum absolute atomic E-state index is 0.0715. The van der Waals surface area contributed by atoms with Gasteiger partial charge in [0.15, 0.2) is 0 Å². The molecule has 2 heterocycles. The van der Waals surface area contributed by atoms with Crippen LogP contribution in [0.15, 0.2) is 187 Å². The molecule has 0 radical (unpaired) electrons. The van der Waals surface area contributed by atoms with Crippen LogP contribution < -0.4 is 20.2 Å². The summed E-state index contributed by atoms with van der Waals surface area (Å²) in [5, 5.41) is 7.74. The van der Waals surface area contributed by atoms with E-state index in [4.69, 9.17) is 4.99 Å². The van der Waals surface area contributed by atoms with Gasteiger partial charge in [-0.2, -0.15) is 0 Å². The molecule has 8 aromatic carbocycles. The summed E-state index contributed by atoms with van der Waals surface area (Å²) in [6.07, 6.45) is 0.905. The van der Waals surface area contributed by atoms with Gasteiger partial charge < -0.3 is 9.80 Å². The molecule has 2 unspecified atom stereocenters. The zero-order valence-electron chi connectivity index (χ0n) is 30.0. The highest BCUT2D eigenvalue weighted by molar-refractivity contribution is 6.14. The number of para-hydroxylation sites is 2. The highest BCUT2D eigenvalue weighted by Crippen LogP contribution is 2.52. The average Bonchev–Trinajstić information content (AvgIpc) is 3.58. The van der Waals surface area contributed by atoms with E-state index in [2.05, 4.69) is 199 Å². The molecule has 3 aliphatic rings. The van der Waals surface area contributed by atoms with Crippen molar-refractivity contribution in [2.24, 2.45) is 4.99 Å². The molecule has 0 bridgehead atoms. The van der Waals surface area contributed by atoms with Crippen molar-refractivity contribution in [3.05, 3.63) is 215 Å². The lowest BCUT2D eigenvalue weighted by molar-refractivity contribution is 0.829. The monoisotopic (exact) mass is 691 g/mol. The van der Waals surface area contributed by atoms with E-state index in [-0.39, 0.29) is 12.1 Å². The largest absolute Gasteiger partial charge is 0.360 e. The number of likely N-dealkylation sites (N-methyl/N-ethyl adjacent to an activating group) is 1.